The molecular formula is C17H21N4OS+. The minimum atomic E-state index is -0.632. The van der Waals surface area contributed by atoms with Gasteiger partial charge < -0.3 is 10.2 Å². The molecule has 0 aliphatic heterocycles. The Bertz CT molecular complexity index is 709. The van der Waals surface area contributed by atoms with E-state index in [-0.39, 0.29) is 5.91 Å². The van der Waals surface area contributed by atoms with E-state index in [0.29, 0.717) is 13.1 Å². The number of nitrogens with zero attached hydrogens (tertiary/aromatic N) is 2. The van der Waals surface area contributed by atoms with Crippen LogP contribution < -0.4 is 10.2 Å². The van der Waals surface area contributed by atoms with Gasteiger partial charge in [0, 0.05) is 0 Å². The van der Waals surface area contributed by atoms with Crippen molar-refractivity contribution in [3.63, 3.8) is 0 Å². The SMILES string of the molecule is C[NH+](CC(=O)NC1(C#N)CCCC1)Cc1nc2ccccc2s1. The Morgan fingerprint density at radius 3 is 2.87 bits per heavy atom. The number of nitrogens with one attached hydrogen (secondary N) is 2. The number of hydrogen-bond donors (Lipinski definition) is 2. The molecule has 0 saturated heterocycles. The minimum absolute atomic E-state index is 0.0490. The van der Waals surface area contributed by atoms with Crippen molar-refractivity contribution < 1.29 is 9.69 Å². The quantitative estimate of drug-likeness (QED) is 0.868. The number of carbonyl (C=O) groups excluding carboxylic acids is 1. The molecule has 1 unspecified atom stereocenters. The molecule has 6 heteroatoms. The summed E-state index contributed by atoms with van der Waals surface area (Å²) in [6, 6.07) is 10.4. The third-order valence-electron chi connectivity index (χ3n) is 4.30. The van der Waals surface area contributed by atoms with E-state index in [1.165, 1.54) is 4.70 Å². The first kappa shape index (κ1) is 15.9. The largest absolute Gasteiger partial charge is 0.333 e. The fraction of sp³-hybridized carbons (Fsp3) is 0.471. The zero-order chi connectivity index (χ0) is 16.3. The predicted molar refractivity (Wildman–Crippen MR) is 90.0 cm³/mol. The number of aromatic nitrogens is 1. The Morgan fingerprint density at radius 1 is 1.43 bits per heavy atom. The highest BCUT2D eigenvalue weighted by Crippen LogP contribution is 2.28. The third kappa shape index (κ3) is 3.69. The van der Waals surface area contributed by atoms with Crippen molar-refractivity contribution in [3.8, 4) is 6.07 Å². The van der Waals surface area contributed by atoms with Gasteiger partial charge in [-0.3, -0.25) is 4.79 Å². The molecular weight excluding hydrogens is 308 g/mol. The number of para-hydroxylation sites is 1. The first-order valence-corrected chi connectivity index (χ1v) is 8.80. The monoisotopic (exact) mass is 329 g/mol. The van der Waals surface area contributed by atoms with Gasteiger partial charge in [-0.15, -0.1) is 11.3 Å². The van der Waals surface area contributed by atoms with Gasteiger partial charge in [-0.2, -0.15) is 5.26 Å². The van der Waals surface area contributed by atoms with Crippen molar-refractivity contribution >= 4 is 27.5 Å². The fourth-order valence-corrected chi connectivity index (χ4v) is 4.23. The van der Waals surface area contributed by atoms with Crippen LogP contribution in [0.1, 0.15) is 30.7 Å². The van der Waals surface area contributed by atoms with E-state index in [9.17, 15) is 10.1 Å². The molecule has 0 radical (unpaired) electrons. The number of rotatable bonds is 5. The lowest BCUT2D eigenvalue weighted by Gasteiger charge is -2.22. The van der Waals surface area contributed by atoms with Gasteiger partial charge in [-0.1, -0.05) is 12.1 Å². The highest BCUT2D eigenvalue weighted by Gasteiger charge is 2.35. The summed E-state index contributed by atoms with van der Waals surface area (Å²) in [5.74, 6) is -0.0490. The molecule has 1 amide bonds. The second-order valence-electron chi connectivity index (χ2n) is 6.34. The molecule has 1 fully saturated rings. The molecule has 5 nitrogen and oxygen atoms in total. The highest BCUT2D eigenvalue weighted by molar-refractivity contribution is 7.18. The smallest absolute Gasteiger partial charge is 0.276 e. The van der Waals surface area contributed by atoms with Gasteiger partial charge in [0.2, 0.25) is 0 Å². The number of likely N-dealkylation sites (N-methyl/N-ethyl adjacent to an activating group) is 1. The van der Waals surface area contributed by atoms with Crippen LogP contribution in [0.15, 0.2) is 24.3 Å². The van der Waals surface area contributed by atoms with E-state index in [1.807, 2.05) is 25.2 Å². The summed E-state index contributed by atoms with van der Waals surface area (Å²) in [4.78, 5) is 17.9. The Balaban J connectivity index is 1.57. The van der Waals surface area contributed by atoms with Crippen LogP contribution in [0.3, 0.4) is 0 Å². The lowest BCUT2D eigenvalue weighted by atomic mass is 10.00. The maximum absolute atomic E-state index is 12.2. The minimum Gasteiger partial charge on any atom is -0.333 e. The molecule has 1 aliphatic carbocycles. The number of hydrogen-bond acceptors (Lipinski definition) is 4. The lowest BCUT2D eigenvalue weighted by molar-refractivity contribution is -0.885. The van der Waals surface area contributed by atoms with Gasteiger partial charge in [0.1, 0.15) is 17.1 Å². The van der Waals surface area contributed by atoms with Crippen molar-refractivity contribution in [2.45, 2.75) is 37.8 Å². The summed E-state index contributed by atoms with van der Waals surface area (Å²) in [6.07, 6.45) is 3.57. The molecule has 3 rings (SSSR count). The summed E-state index contributed by atoms with van der Waals surface area (Å²) in [6.45, 7) is 1.08. The fourth-order valence-electron chi connectivity index (χ4n) is 3.14. The second-order valence-corrected chi connectivity index (χ2v) is 7.45. The molecule has 1 aromatic carbocycles. The first-order chi connectivity index (χ1) is 11.1. The Morgan fingerprint density at radius 2 is 2.17 bits per heavy atom. The second kappa shape index (κ2) is 6.65. The van der Waals surface area contributed by atoms with Crippen LogP contribution in [0.2, 0.25) is 0 Å². The molecule has 1 saturated carbocycles. The van der Waals surface area contributed by atoms with Crippen LogP contribution >= 0.6 is 11.3 Å². The third-order valence-corrected chi connectivity index (χ3v) is 5.34. The molecule has 1 aliphatic rings. The lowest BCUT2D eigenvalue weighted by Crippen LogP contribution is -3.09. The summed E-state index contributed by atoms with van der Waals surface area (Å²) in [7, 11) is 1.99. The highest BCUT2D eigenvalue weighted by atomic mass is 32.1. The Hall–Kier alpha value is -1.97. The molecule has 23 heavy (non-hydrogen) atoms. The van der Waals surface area contributed by atoms with Crippen molar-refractivity contribution in [1.82, 2.24) is 10.3 Å². The molecule has 0 bridgehead atoms. The summed E-state index contributed by atoms with van der Waals surface area (Å²) in [5, 5.41) is 13.3. The molecule has 1 aromatic heterocycles. The summed E-state index contributed by atoms with van der Waals surface area (Å²) >= 11 is 1.67. The van der Waals surface area contributed by atoms with Gasteiger partial charge in [0.25, 0.3) is 5.91 Å². The number of fused-ring (bicyclic) bond motifs is 1. The van der Waals surface area contributed by atoms with Gasteiger partial charge in [0.15, 0.2) is 6.54 Å². The average Bonchev–Trinajstić information content (AvgIpc) is 3.13. The molecule has 0 spiro atoms. The summed E-state index contributed by atoms with van der Waals surface area (Å²) < 4.78 is 1.18. The van der Waals surface area contributed by atoms with Gasteiger partial charge in [-0.05, 0) is 37.8 Å². The topological polar surface area (TPSA) is 70.2 Å². The van der Waals surface area contributed by atoms with E-state index in [2.05, 4.69) is 22.4 Å². The van der Waals surface area contributed by atoms with Crippen molar-refractivity contribution in [3.05, 3.63) is 29.3 Å². The molecule has 2 aromatic rings. The van der Waals surface area contributed by atoms with Crippen LogP contribution in [0.4, 0.5) is 0 Å². The molecule has 1 atom stereocenters. The van der Waals surface area contributed by atoms with E-state index < -0.39 is 5.54 Å². The van der Waals surface area contributed by atoms with Crippen molar-refractivity contribution in [1.29, 1.82) is 5.26 Å². The Labute approximate surface area is 139 Å². The summed E-state index contributed by atoms with van der Waals surface area (Å²) in [5.41, 5.74) is 0.381. The van der Waals surface area contributed by atoms with E-state index in [4.69, 9.17) is 0 Å². The van der Waals surface area contributed by atoms with Gasteiger partial charge in [0.05, 0.1) is 23.3 Å². The van der Waals surface area contributed by atoms with Gasteiger partial charge in [-0.25, -0.2) is 4.98 Å². The standard InChI is InChI=1S/C17H20N4OS/c1-21(10-15(22)20-17(12-18)8-4-5-9-17)11-16-19-13-6-2-3-7-14(13)23-16/h2-3,6-7H,4-5,8-11H2,1H3,(H,20,22)/p+1. The van der Waals surface area contributed by atoms with Crippen LogP contribution in [0.25, 0.3) is 10.2 Å². The zero-order valence-electron chi connectivity index (χ0n) is 13.3. The number of amides is 1. The maximum atomic E-state index is 12.2. The van der Waals surface area contributed by atoms with Crippen LogP contribution in [-0.4, -0.2) is 30.0 Å². The number of carbonyl (C=O) groups is 1. The molecule has 1 heterocycles. The zero-order valence-corrected chi connectivity index (χ0v) is 14.1. The van der Waals surface area contributed by atoms with Crippen molar-refractivity contribution in [2.24, 2.45) is 0 Å². The van der Waals surface area contributed by atoms with Crippen LogP contribution in [0.5, 0.6) is 0 Å². The molecule has 2 N–H and O–H groups in total. The Kier molecular flexibility index (Phi) is 4.60. The number of nitriles is 1. The number of thiazole rings is 1. The van der Waals surface area contributed by atoms with Gasteiger partial charge >= 0.3 is 0 Å². The normalized spacial score (nSPS) is 17.7. The predicted octanol–water partition coefficient (Wildman–Crippen LogP) is 1.26. The number of quaternary nitrogens is 1. The van der Waals surface area contributed by atoms with E-state index in [1.54, 1.807) is 11.3 Å². The van der Waals surface area contributed by atoms with Crippen LogP contribution in [0, 0.1) is 11.3 Å². The maximum Gasteiger partial charge on any atom is 0.276 e. The van der Waals surface area contributed by atoms with Crippen LogP contribution in [-0.2, 0) is 11.3 Å². The molecule has 120 valence electrons. The first-order valence-electron chi connectivity index (χ1n) is 7.98. The number of benzene rings is 1. The van der Waals surface area contributed by atoms with E-state index in [0.717, 1.165) is 41.1 Å². The average molecular weight is 329 g/mol. The van der Waals surface area contributed by atoms with Crippen molar-refractivity contribution in [2.75, 3.05) is 13.6 Å². The van der Waals surface area contributed by atoms with E-state index >= 15 is 0 Å².